The molecular formula is C23H36N6O. The van der Waals surface area contributed by atoms with E-state index in [9.17, 15) is 0 Å². The summed E-state index contributed by atoms with van der Waals surface area (Å²) in [6.45, 7) is 6.81. The van der Waals surface area contributed by atoms with E-state index in [1.165, 1.54) is 5.56 Å². The van der Waals surface area contributed by atoms with Crippen molar-refractivity contribution in [3.63, 3.8) is 0 Å². The van der Waals surface area contributed by atoms with Crippen LogP contribution in [0.25, 0.3) is 0 Å². The SMILES string of the molecule is CN=C(NCc1ccc(OCCCN(C)C)cc1)N1CCC(C)C(n2ccnc2)C1. The molecule has 2 atom stereocenters. The van der Waals surface area contributed by atoms with Crippen LogP contribution in [0.5, 0.6) is 5.75 Å². The fraction of sp³-hybridized carbons (Fsp3) is 0.565. The van der Waals surface area contributed by atoms with Crippen molar-refractivity contribution in [2.45, 2.75) is 32.4 Å². The quantitative estimate of drug-likeness (QED) is 0.410. The molecule has 1 N–H and O–H groups in total. The number of hydrogen-bond donors (Lipinski definition) is 1. The molecule has 0 radical (unpaired) electrons. The summed E-state index contributed by atoms with van der Waals surface area (Å²) in [5.41, 5.74) is 1.22. The van der Waals surface area contributed by atoms with Gasteiger partial charge in [0.2, 0.25) is 0 Å². The summed E-state index contributed by atoms with van der Waals surface area (Å²) in [6.07, 6.45) is 8.01. The van der Waals surface area contributed by atoms with Crippen molar-refractivity contribution in [3.05, 3.63) is 48.5 Å². The number of rotatable bonds is 8. The van der Waals surface area contributed by atoms with Crippen LogP contribution in [0.1, 0.15) is 31.4 Å². The van der Waals surface area contributed by atoms with Gasteiger partial charge in [-0.3, -0.25) is 4.99 Å². The van der Waals surface area contributed by atoms with Gasteiger partial charge >= 0.3 is 0 Å². The molecule has 2 aromatic rings. The Balaban J connectivity index is 1.49. The third-order valence-corrected chi connectivity index (χ3v) is 5.73. The molecule has 3 rings (SSSR count). The number of piperidine rings is 1. The Hall–Kier alpha value is -2.54. The number of benzene rings is 1. The number of ether oxygens (including phenoxy) is 1. The van der Waals surface area contributed by atoms with Gasteiger partial charge in [-0.2, -0.15) is 0 Å². The minimum absolute atomic E-state index is 0.420. The summed E-state index contributed by atoms with van der Waals surface area (Å²) in [7, 11) is 6.02. The lowest BCUT2D eigenvalue weighted by molar-refractivity contribution is 0.189. The summed E-state index contributed by atoms with van der Waals surface area (Å²) < 4.78 is 8.05. The van der Waals surface area contributed by atoms with E-state index in [1.807, 2.05) is 31.7 Å². The first-order valence-corrected chi connectivity index (χ1v) is 10.9. The van der Waals surface area contributed by atoms with E-state index in [4.69, 9.17) is 4.74 Å². The van der Waals surface area contributed by atoms with Crippen LogP contribution in [0, 0.1) is 5.92 Å². The van der Waals surface area contributed by atoms with Gasteiger partial charge in [0, 0.05) is 45.6 Å². The van der Waals surface area contributed by atoms with Crippen molar-refractivity contribution in [2.75, 3.05) is 47.4 Å². The molecular weight excluding hydrogens is 376 g/mol. The Morgan fingerprint density at radius 1 is 1.30 bits per heavy atom. The molecule has 2 heterocycles. The van der Waals surface area contributed by atoms with E-state index in [2.05, 4.69) is 69.0 Å². The van der Waals surface area contributed by atoms with Crippen molar-refractivity contribution < 1.29 is 4.74 Å². The molecule has 0 bridgehead atoms. The van der Waals surface area contributed by atoms with Gasteiger partial charge in [0.25, 0.3) is 0 Å². The zero-order valence-electron chi connectivity index (χ0n) is 18.8. The molecule has 2 unspecified atom stereocenters. The predicted molar refractivity (Wildman–Crippen MR) is 122 cm³/mol. The normalized spacial score (nSPS) is 19.9. The minimum atomic E-state index is 0.420. The third-order valence-electron chi connectivity index (χ3n) is 5.73. The molecule has 164 valence electrons. The highest BCUT2D eigenvalue weighted by Gasteiger charge is 2.28. The van der Waals surface area contributed by atoms with Crippen LogP contribution in [0.3, 0.4) is 0 Å². The number of nitrogens with zero attached hydrogens (tertiary/aromatic N) is 5. The van der Waals surface area contributed by atoms with E-state index in [0.29, 0.717) is 12.0 Å². The summed E-state index contributed by atoms with van der Waals surface area (Å²) >= 11 is 0. The summed E-state index contributed by atoms with van der Waals surface area (Å²) in [4.78, 5) is 13.3. The van der Waals surface area contributed by atoms with Crippen molar-refractivity contribution >= 4 is 5.96 Å². The third kappa shape index (κ3) is 6.23. The zero-order valence-corrected chi connectivity index (χ0v) is 18.8. The van der Waals surface area contributed by atoms with Gasteiger partial charge in [-0.1, -0.05) is 19.1 Å². The van der Waals surface area contributed by atoms with E-state index in [1.54, 1.807) is 0 Å². The predicted octanol–water partition coefficient (Wildman–Crippen LogP) is 2.87. The van der Waals surface area contributed by atoms with Crippen LogP contribution in [-0.2, 0) is 6.54 Å². The standard InChI is InChI=1S/C23H36N6O/c1-19-10-13-28(17-22(19)29-14-11-25-18-29)23(24-2)26-16-20-6-8-21(9-7-20)30-15-5-12-27(3)4/h6-9,11,14,18-19,22H,5,10,12-13,15-17H2,1-4H3,(H,24,26). The Labute approximate surface area is 180 Å². The Morgan fingerprint density at radius 3 is 2.77 bits per heavy atom. The first-order valence-electron chi connectivity index (χ1n) is 10.9. The second-order valence-electron chi connectivity index (χ2n) is 8.34. The summed E-state index contributed by atoms with van der Waals surface area (Å²) in [5, 5.41) is 3.53. The van der Waals surface area contributed by atoms with Gasteiger partial charge in [-0.25, -0.2) is 4.98 Å². The average Bonchev–Trinajstić information content (AvgIpc) is 3.28. The molecule has 1 aliphatic heterocycles. The Bertz CT molecular complexity index is 772. The molecule has 0 aliphatic carbocycles. The Morgan fingerprint density at radius 2 is 2.10 bits per heavy atom. The fourth-order valence-electron chi connectivity index (χ4n) is 3.88. The van der Waals surface area contributed by atoms with Crippen LogP contribution >= 0.6 is 0 Å². The lowest BCUT2D eigenvalue weighted by Crippen LogP contribution is -2.48. The van der Waals surface area contributed by atoms with Crippen LogP contribution in [0.2, 0.25) is 0 Å². The van der Waals surface area contributed by atoms with E-state index in [0.717, 1.165) is 57.3 Å². The second kappa shape index (κ2) is 11.0. The van der Waals surface area contributed by atoms with Gasteiger partial charge in [0.15, 0.2) is 5.96 Å². The Kier molecular flexibility index (Phi) is 8.13. The van der Waals surface area contributed by atoms with Gasteiger partial charge in [0.05, 0.1) is 19.0 Å². The number of aliphatic imine (C=N–C) groups is 1. The molecule has 0 amide bonds. The second-order valence-corrected chi connectivity index (χ2v) is 8.34. The van der Waals surface area contributed by atoms with Gasteiger partial charge < -0.3 is 24.4 Å². The minimum Gasteiger partial charge on any atom is -0.494 e. The summed E-state index contributed by atoms with van der Waals surface area (Å²) in [6, 6.07) is 8.76. The van der Waals surface area contributed by atoms with E-state index >= 15 is 0 Å². The smallest absolute Gasteiger partial charge is 0.193 e. The molecule has 1 aromatic carbocycles. The molecule has 0 saturated carbocycles. The monoisotopic (exact) mass is 412 g/mol. The van der Waals surface area contributed by atoms with Crippen molar-refractivity contribution in [1.29, 1.82) is 0 Å². The average molecular weight is 413 g/mol. The highest BCUT2D eigenvalue weighted by molar-refractivity contribution is 5.80. The first kappa shape index (κ1) is 22.2. The van der Waals surface area contributed by atoms with Crippen molar-refractivity contribution in [1.82, 2.24) is 24.7 Å². The van der Waals surface area contributed by atoms with Crippen LogP contribution in [-0.4, -0.2) is 72.7 Å². The molecule has 1 aliphatic rings. The number of hydrogen-bond acceptors (Lipinski definition) is 4. The maximum absolute atomic E-state index is 5.82. The van der Waals surface area contributed by atoms with Gasteiger partial charge in [-0.05, 0) is 50.6 Å². The fourth-order valence-corrected chi connectivity index (χ4v) is 3.88. The summed E-state index contributed by atoms with van der Waals surface area (Å²) in [5.74, 6) is 2.50. The highest BCUT2D eigenvalue weighted by atomic mass is 16.5. The van der Waals surface area contributed by atoms with Crippen LogP contribution in [0.4, 0.5) is 0 Å². The van der Waals surface area contributed by atoms with Crippen LogP contribution < -0.4 is 10.1 Å². The lowest BCUT2D eigenvalue weighted by atomic mass is 9.93. The molecule has 7 heteroatoms. The number of nitrogens with one attached hydrogen (secondary N) is 1. The largest absolute Gasteiger partial charge is 0.494 e. The maximum atomic E-state index is 5.82. The number of guanidine groups is 1. The van der Waals surface area contributed by atoms with Gasteiger partial charge in [0.1, 0.15) is 5.75 Å². The number of likely N-dealkylation sites (tertiary alicyclic amines) is 1. The molecule has 1 saturated heterocycles. The molecule has 0 spiro atoms. The van der Waals surface area contributed by atoms with Crippen molar-refractivity contribution in [2.24, 2.45) is 10.9 Å². The van der Waals surface area contributed by atoms with E-state index in [-0.39, 0.29) is 0 Å². The van der Waals surface area contributed by atoms with E-state index < -0.39 is 0 Å². The van der Waals surface area contributed by atoms with Crippen molar-refractivity contribution in [3.8, 4) is 5.75 Å². The lowest BCUT2D eigenvalue weighted by Gasteiger charge is -2.39. The topological polar surface area (TPSA) is 57.9 Å². The highest BCUT2D eigenvalue weighted by Crippen LogP contribution is 2.27. The number of aromatic nitrogens is 2. The zero-order chi connectivity index (χ0) is 21.3. The maximum Gasteiger partial charge on any atom is 0.193 e. The molecule has 30 heavy (non-hydrogen) atoms. The number of imidazole rings is 1. The van der Waals surface area contributed by atoms with Crippen LogP contribution in [0.15, 0.2) is 48.0 Å². The molecule has 1 fully saturated rings. The molecule has 1 aromatic heterocycles. The molecule has 7 nitrogen and oxygen atoms in total. The first-order chi connectivity index (χ1) is 14.6. The van der Waals surface area contributed by atoms with Gasteiger partial charge in [-0.15, -0.1) is 0 Å².